The van der Waals surface area contributed by atoms with E-state index >= 15 is 0 Å². The maximum absolute atomic E-state index is 5.23. The minimum absolute atomic E-state index is 0.428. The third-order valence-corrected chi connectivity index (χ3v) is 2.33. The zero-order valence-corrected chi connectivity index (χ0v) is 8.87. The van der Waals surface area contributed by atoms with E-state index in [2.05, 4.69) is 33.6 Å². The summed E-state index contributed by atoms with van der Waals surface area (Å²) in [5.41, 5.74) is 1.28. The van der Waals surface area contributed by atoms with Crippen molar-refractivity contribution in [3.8, 4) is 12.3 Å². The van der Waals surface area contributed by atoms with Gasteiger partial charge in [-0.1, -0.05) is 36.3 Å². The van der Waals surface area contributed by atoms with Gasteiger partial charge in [-0.25, -0.2) is 4.68 Å². The van der Waals surface area contributed by atoms with Crippen LogP contribution in [0.3, 0.4) is 0 Å². The Kier molecular flexibility index (Phi) is 3.29. The average molecular weight is 212 g/mol. The quantitative estimate of drug-likeness (QED) is 0.712. The van der Waals surface area contributed by atoms with Gasteiger partial charge in [-0.15, -0.1) is 11.5 Å². The summed E-state index contributed by atoms with van der Waals surface area (Å²) in [4.78, 5) is 0. The molecule has 2 aromatic rings. The molecule has 1 aromatic heterocycles. The second-order valence-corrected chi connectivity index (χ2v) is 3.44. The molecule has 0 aliphatic carbocycles. The first-order valence-corrected chi connectivity index (χ1v) is 5.12. The molecule has 1 aromatic carbocycles. The van der Waals surface area contributed by atoms with Gasteiger partial charge >= 0.3 is 0 Å². The van der Waals surface area contributed by atoms with Crippen molar-refractivity contribution in [2.45, 2.75) is 19.4 Å². The van der Waals surface area contributed by atoms with Crippen molar-refractivity contribution >= 4 is 0 Å². The van der Waals surface area contributed by atoms with Crippen LogP contribution >= 0.6 is 0 Å². The van der Waals surface area contributed by atoms with Gasteiger partial charge in [0.1, 0.15) is 6.54 Å². The molecule has 0 aliphatic heterocycles. The summed E-state index contributed by atoms with van der Waals surface area (Å²) < 4.78 is 1.66. The normalized spacial score (nSPS) is 9.94. The number of aryl methyl sites for hydroxylation is 2. The van der Waals surface area contributed by atoms with E-state index in [1.165, 1.54) is 5.56 Å². The maximum atomic E-state index is 5.23. The SMILES string of the molecule is C#CCn1nnnc1CCc1ccccc1. The largest absolute Gasteiger partial charge is 0.218 e. The molecule has 0 saturated carbocycles. The lowest BCUT2D eigenvalue weighted by molar-refractivity contribution is 0.635. The minimum atomic E-state index is 0.428. The number of aromatic nitrogens is 4. The summed E-state index contributed by atoms with van der Waals surface area (Å²) in [6.07, 6.45) is 6.96. The number of terminal acetylenes is 1. The Bertz CT molecular complexity index is 481. The Balaban J connectivity index is 2.00. The van der Waals surface area contributed by atoms with E-state index in [4.69, 9.17) is 6.42 Å². The molecule has 16 heavy (non-hydrogen) atoms. The minimum Gasteiger partial charge on any atom is -0.218 e. The molecule has 0 amide bonds. The molecule has 0 fully saturated rings. The van der Waals surface area contributed by atoms with Crippen molar-refractivity contribution in [1.29, 1.82) is 0 Å². The molecule has 4 nitrogen and oxygen atoms in total. The molecule has 2 rings (SSSR count). The first-order valence-electron chi connectivity index (χ1n) is 5.12. The monoisotopic (exact) mass is 212 g/mol. The van der Waals surface area contributed by atoms with Crippen LogP contribution in [0.1, 0.15) is 11.4 Å². The van der Waals surface area contributed by atoms with Crippen LogP contribution in [0.5, 0.6) is 0 Å². The average Bonchev–Trinajstić information content (AvgIpc) is 2.76. The number of benzene rings is 1. The maximum Gasteiger partial charge on any atom is 0.152 e. The van der Waals surface area contributed by atoms with Crippen LogP contribution in [-0.4, -0.2) is 20.2 Å². The van der Waals surface area contributed by atoms with E-state index in [0.29, 0.717) is 6.54 Å². The van der Waals surface area contributed by atoms with Crippen LogP contribution in [0.4, 0.5) is 0 Å². The number of hydrogen-bond acceptors (Lipinski definition) is 3. The molecular weight excluding hydrogens is 200 g/mol. The Morgan fingerprint density at radius 1 is 1.19 bits per heavy atom. The van der Waals surface area contributed by atoms with Gasteiger partial charge in [0, 0.05) is 6.42 Å². The van der Waals surface area contributed by atoms with Gasteiger partial charge in [-0.3, -0.25) is 0 Å². The van der Waals surface area contributed by atoms with Gasteiger partial charge in [-0.2, -0.15) is 0 Å². The highest BCUT2D eigenvalue weighted by Crippen LogP contribution is 2.04. The van der Waals surface area contributed by atoms with Gasteiger partial charge in [0.25, 0.3) is 0 Å². The zero-order valence-electron chi connectivity index (χ0n) is 8.87. The standard InChI is InChI=1S/C12H12N4/c1-2-10-16-12(13-14-15-16)9-8-11-6-4-3-5-7-11/h1,3-7H,8-10H2. The molecule has 0 aliphatic rings. The molecule has 1 heterocycles. The van der Waals surface area contributed by atoms with Crippen LogP contribution in [-0.2, 0) is 19.4 Å². The summed E-state index contributed by atoms with van der Waals surface area (Å²) in [5, 5.41) is 11.4. The highest BCUT2D eigenvalue weighted by atomic mass is 15.5. The smallest absolute Gasteiger partial charge is 0.152 e. The summed E-state index contributed by atoms with van der Waals surface area (Å²) in [5.74, 6) is 3.36. The van der Waals surface area contributed by atoms with E-state index in [0.717, 1.165) is 18.7 Å². The first kappa shape index (κ1) is 10.4. The fourth-order valence-corrected chi connectivity index (χ4v) is 1.51. The molecule has 0 atom stereocenters. The predicted octanol–water partition coefficient (Wildman–Crippen LogP) is 1.09. The Hall–Kier alpha value is -2.15. The third-order valence-electron chi connectivity index (χ3n) is 2.33. The predicted molar refractivity (Wildman–Crippen MR) is 60.5 cm³/mol. The third kappa shape index (κ3) is 2.45. The van der Waals surface area contributed by atoms with E-state index in [1.54, 1.807) is 4.68 Å². The Labute approximate surface area is 94.3 Å². The molecular formula is C12H12N4. The second-order valence-electron chi connectivity index (χ2n) is 3.44. The van der Waals surface area contributed by atoms with Crippen molar-refractivity contribution in [1.82, 2.24) is 20.2 Å². The van der Waals surface area contributed by atoms with Crippen molar-refractivity contribution in [3.63, 3.8) is 0 Å². The zero-order chi connectivity index (χ0) is 11.2. The molecule has 0 unspecified atom stereocenters. The Morgan fingerprint density at radius 3 is 2.75 bits per heavy atom. The molecule has 0 spiro atoms. The summed E-state index contributed by atoms with van der Waals surface area (Å²) in [6, 6.07) is 10.2. The van der Waals surface area contributed by atoms with E-state index < -0.39 is 0 Å². The molecule has 80 valence electrons. The fraction of sp³-hybridized carbons (Fsp3) is 0.250. The summed E-state index contributed by atoms with van der Waals surface area (Å²) >= 11 is 0. The lowest BCUT2D eigenvalue weighted by Crippen LogP contribution is -2.06. The van der Waals surface area contributed by atoms with Crippen molar-refractivity contribution < 1.29 is 0 Å². The van der Waals surface area contributed by atoms with E-state index in [9.17, 15) is 0 Å². The second kappa shape index (κ2) is 5.08. The van der Waals surface area contributed by atoms with Crippen molar-refractivity contribution in [2.75, 3.05) is 0 Å². The molecule has 0 saturated heterocycles. The lowest BCUT2D eigenvalue weighted by atomic mass is 10.1. The number of rotatable bonds is 4. The first-order chi connectivity index (χ1) is 7.90. The van der Waals surface area contributed by atoms with Crippen molar-refractivity contribution in [3.05, 3.63) is 41.7 Å². The number of hydrogen-bond donors (Lipinski definition) is 0. The molecule has 0 bridgehead atoms. The van der Waals surface area contributed by atoms with Crippen LogP contribution in [0, 0.1) is 12.3 Å². The van der Waals surface area contributed by atoms with Gasteiger partial charge in [0.05, 0.1) is 0 Å². The van der Waals surface area contributed by atoms with Gasteiger partial charge in [0.2, 0.25) is 0 Å². The Morgan fingerprint density at radius 2 is 2.00 bits per heavy atom. The van der Waals surface area contributed by atoms with Gasteiger partial charge in [-0.05, 0) is 22.4 Å². The van der Waals surface area contributed by atoms with Crippen LogP contribution in [0.2, 0.25) is 0 Å². The lowest BCUT2D eigenvalue weighted by Gasteiger charge is -2.01. The van der Waals surface area contributed by atoms with Crippen LogP contribution in [0.15, 0.2) is 30.3 Å². The van der Waals surface area contributed by atoms with Crippen LogP contribution < -0.4 is 0 Å². The number of tetrazole rings is 1. The summed E-state index contributed by atoms with van der Waals surface area (Å²) in [7, 11) is 0. The fourth-order valence-electron chi connectivity index (χ4n) is 1.51. The van der Waals surface area contributed by atoms with E-state index in [1.807, 2.05) is 18.2 Å². The highest BCUT2D eigenvalue weighted by Gasteiger charge is 2.04. The molecule has 4 heteroatoms. The van der Waals surface area contributed by atoms with Gasteiger partial charge < -0.3 is 0 Å². The van der Waals surface area contributed by atoms with Crippen LogP contribution in [0.25, 0.3) is 0 Å². The van der Waals surface area contributed by atoms with E-state index in [-0.39, 0.29) is 0 Å². The summed E-state index contributed by atoms with van der Waals surface area (Å²) in [6.45, 7) is 0.428. The highest BCUT2D eigenvalue weighted by molar-refractivity contribution is 5.15. The van der Waals surface area contributed by atoms with Gasteiger partial charge in [0.15, 0.2) is 5.82 Å². The molecule has 0 radical (unpaired) electrons. The number of nitrogens with zero attached hydrogens (tertiary/aromatic N) is 4. The molecule has 0 N–H and O–H groups in total. The van der Waals surface area contributed by atoms with Crippen molar-refractivity contribution in [2.24, 2.45) is 0 Å². The topological polar surface area (TPSA) is 43.6 Å².